The number of rotatable bonds is 3. The normalized spacial score (nSPS) is 10.9. The van der Waals surface area contributed by atoms with Crippen LogP contribution in [0, 0.1) is 0 Å². The maximum atomic E-state index is 12.2. The van der Waals surface area contributed by atoms with Gasteiger partial charge in [-0.2, -0.15) is 0 Å². The first-order valence-corrected chi connectivity index (χ1v) is 7.26. The number of hydrogen-bond acceptors (Lipinski definition) is 6. The second-order valence-corrected chi connectivity index (χ2v) is 5.13. The molecular weight excluding hydrogens is 308 g/mol. The molecule has 2 heterocycles. The van der Waals surface area contributed by atoms with Crippen LogP contribution >= 0.6 is 0 Å². The van der Waals surface area contributed by atoms with Crippen LogP contribution in [0.4, 0.5) is 0 Å². The summed E-state index contributed by atoms with van der Waals surface area (Å²) < 4.78 is 16.1. The van der Waals surface area contributed by atoms with E-state index in [1.807, 2.05) is 30.3 Å². The van der Waals surface area contributed by atoms with Gasteiger partial charge in [-0.25, -0.2) is 4.79 Å². The number of ether oxygens (including phenoxy) is 1. The van der Waals surface area contributed by atoms with Crippen LogP contribution in [0.2, 0.25) is 0 Å². The molecule has 0 aliphatic rings. The van der Waals surface area contributed by atoms with Gasteiger partial charge in [0, 0.05) is 10.9 Å². The fourth-order valence-corrected chi connectivity index (χ4v) is 2.41. The van der Waals surface area contributed by atoms with E-state index in [-0.39, 0.29) is 11.5 Å². The van der Waals surface area contributed by atoms with Gasteiger partial charge in [0.15, 0.2) is 0 Å². The van der Waals surface area contributed by atoms with Crippen LogP contribution in [0.3, 0.4) is 0 Å². The van der Waals surface area contributed by atoms with Crippen LogP contribution < -0.4 is 10.4 Å². The topological polar surface area (TPSA) is 78.4 Å². The van der Waals surface area contributed by atoms with Gasteiger partial charge in [0.05, 0.1) is 7.11 Å². The van der Waals surface area contributed by atoms with E-state index in [0.717, 1.165) is 5.56 Å². The highest BCUT2D eigenvalue weighted by atomic mass is 16.5. The maximum absolute atomic E-state index is 12.2. The molecule has 6 nitrogen and oxygen atoms in total. The highest BCUT2D eigenvalue weighted by molar-refractivity contribution is 5.81. The smallest absolute Gasteiger partial charge is 0.349 e. The Bertz CT molecular complexity index is 1070. The SMILES string of the molecule is COc1ccc2oc(=O)c(-c3nnc(-c4ccccc4)o3)cc2c1. The Morgan fingerprint density at radius 2 is 1.71 bits per heavy atom. The van der Waals surface area contributed by atoms with Gasteiger partial charge in [-0.1, -0.05) is 18.2 Å². The number of hydrogen-bond donors (Lipinski definition) is 0. The summed E-state index contributed by atoms with van der Waals surface area (Å²) in [5.74, 6) is 1.13. The summed E-state index contributed by atoms with van der Waals surface area (Å²) in [6.07, 6.45) is 0. The molecular formula is C18H12N2O4. The molecule has 118 valence electrons. The summed E-state index contributed by atoms with van der Waals surface area (Å²) in [6.45, 7) is 0. The second-order valence-electron chi connectivity index (χ2n) is 5.13. The molecule has 0 saturated heterocycles. The number of fused-ring (bicyclic) bond motifs is 1. The van der Waals surface area contributed by atoms with Crippen LogP contribution in [-0.2, 0) is 0 Å². The fourth-order valence-electron chi connectivity index (χ4n) is 2.41. The van der Waals surface area contributed by atoms with Crippen molar-refractivity contribution in [3.63, 3.8) is 0 Å². The first kappa shape index (κ1) is 14.2. The molecule has 2 aromatic heterocycles. The van der Waals surface area contributed by atoms with Crippen molar-refractivity contribution in [1.29, 1.82) is 0 Å². The van der Waals surface area contributed by atoms with Crippen LogP contribution in [0.25, 0.3) is 33.9 Å². The molecule has 2 aromatic carbocycles. The molecule has 0 N–H and O–H groups in total. The van der Waals surface area contributed by atoms with E-state index in [0.29, 0.717) is 22.6 Å². The van der Waals surface area contributed by atoms with Gasteiger partial charge < -0.3 is 13.6 Å². The zero-order valence-electron chi connectivity index (χ0n) is 12.7. The third kappa shape index (κ3) is 2.44. The van der Waals surface area contributed by atoms with Crippen molar-refractivity contribution in [3.05, 3.63) is 65.0 Å². The molecule has 4 rings (SSSR count). The lowest BCUT2D eigenvalue weighted by Crippen LogP contribution is -2.02. The summed E-state index contributed by atoms with van der Waals surface area (Å²) in [5, 5.41) is 8.67. The Morgan fingerprint density at radius 3 is 2.50 bits per heavy atom. The zero-order chi connectivity index (χ0) is 16.5. The number of aromatic nitrogens is 2. The molecule has 0 bridgehead atoms. The van der Waals surface area contributed by atoms with E-state index in [4.69, 9.17) is 13.6 Å². The third-order valence-corrected chi connectivity index (χ3v) is 3.62. The summed E-state index contributed by atoms with van der Waals surface area (Å²) in [4.78, 5) is 12.2. The molecule has 4 aromatic rings. The van der Waals surface area contributed by atoms with Crippen LogP contribution in [0.15, 0.2) is 68.2 Å². The van der Waals surface area contributed by atoms with Crippen molar-refractivity contribution in [3.8, 4) is 28.7 Å². The van der Waals surface area contributed by atoms with Crippen molar-refractivity contribution >= 4 is 11.0 Å². The molecule has 24 heavy (non-hydrogen) atoms. The predicted molar refractivity (Wildman–Crippen MR) is 87.8 cm³/mol. The third-order valence-electron chi connectivity index (χ3n) is 3.62. The molecule has 0 amide bonds. The van der Waals surface area contributed by atoms with E-state index in [2.05, 4.69) is 10.2 Å². The maximum Gasteiger partial charge on any atom is 0.349 e. The summed E-state index contributed by atoms with van der Waals surface area (Å²) >= 11 is 0. The lowest BCUT2D eigenvalue weighted by atomic mass is 10.2. The zero-order valence-corrected chi connectivity index (χ0v) is 12.7. The average Bonchev–Trinajstić information content (AvgIpc) is 3.11. The standard InChI is InChI=1S/C18H12N2O4/c1-22-13-7-8-15-12(9-13)10-14(18(21)23-15)17-20-19-16(24-17)11-5-3-2-4-6-11/h2-10H,1H3. The van der Waals surface area contributed by atoms with E-state index < -0.39 is 5.63 Å². The Kier molecular flexibility index (Phi) is 3.35. The first-order valence-electron chi connectivity index (χ1n) is 7.26. The predicted octanol–water partition coefficient (Wildman–Crippen LogP) is 3.52. The summed E-state index contributed by atoms with van der Waals surface area (Å²) in [7, 11) is 1.57. The minimum absolute atomic E-state index is 0.118. The van der Waals surface area contributed by atoms with Crippen molar-refractivity contribution in [2.45, 2.75) is 0 Å². The molecule has 6 heteroatoms. The van der Waals surface area contributed by atoms with Gasteiger partial charge in [0.2, 0.25) is 5.89 Å². The Morgan fingerprint density at radius 1 is 0.917 bits per heavy atom. The molecule has 0 saturated carbocycles. The summed E-state index contributed by atoms with van der Waals surface area (Å²) in [5.41, 5.74) is 0.928. The monoisotopic (exact) mass is 320 g/mol. The largest absolute Gasteiger partial charge is 0.497 e. The Balaban J connectivity index is 1.83. The van der Waals surface area contributed by atoms with Gasteiger partial charge in [-0.05, 0) is 36.4 Å². The molecule has 0 atom stereocenters. The second kappa shape index (κ2) is 5.66. The van der Waals surface area contributed by atoms with Gasteiger partial charge >= 0.3 is 5.63 Å². The Labute approximate surface area is 136 Å². The van der Waals surface area contributed by atoms with Gasteiger partial charge in [-0.15, -0.1) is 10.2 Å². The lowest BCUT2D eigenvalue weighted by molar-refractivity contribution is 0.415. The van der Waals surface area contributed by atoms with E-state index >= 15 is 0 Å². The Hall–Kier alpha value is -3.41. The van der Waals surface area contributed by atoms with Crippen molar-refractivity contribution in [2.75, 3.05) is 7.11 Å². The van der Waals surface area contributed by atoms with Crippen LogP contribution in [0.1, 0.15) is 0 Å². The van der Waals surface area contributed by atoms with Crippen LogP contribution in [0.5, 0.6) is 5.75 Å². The van der Waals surface area contributed by atoms with Gasteiger partial charge in [-0.3, -0.25) is 0 Å². The highest BCUT2D eigenvalue weighted by Gasteiger charge is 2.16. The van der Waals surface area contributed by atoms with E-state index in [1.165, 1.54) is 0 Å². The number of methoxy groups -OCH3 is 1. The molecule has 0 unspecified atom stereocenters. The fraction of sp³-hybridized carbons (Fsp3) is 0.0556. The molecule has 0 aliphatic heterocycles. The lowest BCUT2D eigenvalue weighted by Gasteiger charge is -2.02. The summed E-state index contributed by atoms with van der Waals surface area (Å²) in [6, 6.07) is 16.2. The minimum atomic E-state index is -0.532. The average molecular weight is 320 g/mol. The molecule has 0 spiro atoms. The van der Waals surface area contributed by atoms with Gasteiger partial charge in [0.25, 0.3) is 5.89 Å². The van der Waals surface area contributed by atoms with Crippen molar-refractivity contribution < 1.29 is 13.6 Å². The highest BCUT2D eigenvalue weighted by Crippen LogP contribution is 2.26. The molecule has 0 fully saturated rings. The number of benzene rings is 2. The molecule has 0 aliphatic carbocycles. The van der Waals surface area contributed by atoms with E-state index in [9.17, 15) is 4.79 Å². The van der Waals surface area contributed by atoms with Crippen molar-refractivity contribution in [1.82, 2.24) is 10.2 Å². The first-order chi connectivity index (χ1) is 11.7. The van der Waals surface area contributed by atoms with Crippen molar-refractivity contribution in [2.24, 2.45) is 0 Å². The van der Waals surface area contributed by atoms with E-state index in [1.54, 1.807) is 31.4 Å². The number of nitrogens with zero attached hydrogens (tertiary/aromatic N) is 2. The molecule has 0 radical (unpaired) electrons. The van der Waals surface area contributed by atoms with Crippen LogP contribution in [-0.4, -0.2) is 17.3 Å². The quantitative estimate of drug-likeness (QED) is 0.537. The minimum Gasteiger partial charge on any atom is -0.497 e. The van der Waals surface area contributed by atoms with Gasteiger partial charge in [0.1, 0.15) is 16.9 Å².